The molecular formula is C13H18N2S. The Balaban J connectivity index is 2.68. The summed E-state index contributed by atoms with van der Waals surface area (Å²) in [5.74, 6) is 0.913. The number of hydrogen-bond donors (Lipinski definition) is 1. The van der Waals surface area contributed by atoms with Crippen LogP contribution in [0.25, 0.3) is 0 Å². The van der Waals surface area contributed by atoms with E-state index in [9.17, 15) is 5.26 Å². The SMILES string of the molecule is CC(C)SCCC(N)(C#N)c1ccccc1. The highest BCUT2D eigenvalue weighted by molar-refractivity contribution is 7.99. The van der Waals surface area contributed by atoms with Gasteiger partial charge >= 0.3 is 0 Å². The molecule has 0 aliphatic heterocycles. The summed E-state index contributed by atoms with van der Waals surface area (Å²) in [6.07, 6.45) is 0.691. The third-order valence-electron chi connectivity index (χ3n) is 2.44. The van der Waals surface area contributed by atoms with Gasteiger partial charge in [0.15, 0.2) is 0 Å². The fraction of sp³-hybridized carbons (Fsp3) is 0.462. The van der Waals surface area contributed by atoms with Crippen molar-refractivity contribution in [2.24, 2.45) is 5.73 Å². The van der Waals surface area contributed by atoms with Crippen LogP contribution in [0.4, 0.5) is 0 Å². The van der Waals surface area contributed by atoms with Crippen LogP contribution in [0.15, 0.2) is 30.3 Å². The summed E-state index contributed by atoms with van der Waals surface area (Å²) in [5.41, 5.74) is 6.19. The molecule has 1 aromatic carbocycles. The summed E-state index contributed by atoms with van der Waals surface area (Å²) in [6.45, 7) is 4.30. The van der Waals surface area contributed by atoms with Crippen LogP contribution < -0.4 is 5.73 Å². The Kier molecular flexibility index (Phi) is 4.85. The molecule has 0 saturated heterocycles. The molecule has 16 heavy (non-hydrogen) atoms. The van der Waals surface area contributed by atoms with E-state index in [0.29, 0.717) is 11.7 Å². The molecule has 0 aliphatic carbocycles. The van der Waals surface area contributed by atoms with Gasteiger partial charge in [-0.2, -0.15) is 17.0 Å². The Hall–Kier alpha value is -0.980. The van der Waals surface area contributed by atoms with Gasteiger partial charge in [0, 0.05) is 0 Å². The molecule has 0 aromatic heterocycles. The first-order chi connectivity index (χ1) is 7.58. The minimum atomic E-state index is -0.844. The van der Waals surface area contributed by atoms with E-state index in [4.69, 9.17) is 5.73 Å². The molecule has 1 aromatic rings. The molecule has 0 aliphatic rings. The molecule has 1 atom stereocenters. The van der Waals surface area contributed by atoms with Gasteiger partial charge in [0.05, 0.1) is 6.07 Å². The number of nitrogens with two attached hydrogens (primary N) is 1. The van der Waals surface area contributed by atoms with Gasteiger partial charge in [-0.05, 0) is 23.0 Å². The Bertz CT molecular complexity index is 356. The molecule has 3 heteroatoms. The topological polar surface area (TPSA) is 49.8 Å². The van der Waals surface area contributed by atoms with Gasteiger partial charge in [-0.1, -0.05) is 44.2 Å². The summed E-state index contributed by atoms with van der Waals surface area (Å²) in [6, 6.07) is 11.8. The summed E-state index contributed by atoms with van der Waals surface area (Å²) in [7, 11) is 0. The molecular weight excluding hydrogens is 216 g/mol. The minimum Gasteiger partial charge on any atom is -0.310 e. The van der Waals surface area contributed by atoms with Crippen LogP contribution in [0.2, 0.25) is 0 Å². The standard InChI is InChI=1S/C13H18N2S/c1-11(2)16-9-8-13(15,10-14)12-6-4-3-5-7-12/h3-7,11H,8-9,15H2,1-2H3. The van der Waals surface area contributed by atoms with Gasteiger partial charge < -0.3 is 5.73 Å². The predicted molar refractivity (Wildman–Crippen MR) is 70.1 cm³/mol. The van der Waals surface area contributed by atoms with Crippen LogP contribution in [-0.4, -0.2) is 11.0 Å². The lowest BCUT2D eigenvalue weighted by atomic mass is 9.90. The number of thioether (sulfide) groups is 1. The van der Waals surface area contributed by atoms with Crippen molar-refractivity contribution in [3.63, 3.8) is 0 Å². The number of benzene rings is 1. The average molecular weight is 234 g/mol. The minimum absolute atomic E-state index is 0.582. The highest BCUT2D eigenvalue weighted by Gasteiger charge is 2.26. The lowest BCUT2D eigenvalue weighted by molar-refractivity contribution is 0.560. The van der Waals surface area contributed by atoms with Gasteiger partial charge in [0.25, 0.3) is 0 Å². The Morgan fingerprint density at radius 1 is 1.38 bits per heavy atom. The largest absolute Gasteiger partial charge is 0.310 e. The number of rotatable bonds is 5. The van der Waals surface area contributed by atoms with Crippen molar-refractivity contribution in [2.45, 2.75) is 31.1 Å². The molecule has 0 bridgehead atoms. The fourth-order valence-corrected chi connectivity index (χ4v) is 2.37. The van der Waals surface area contributed by atoms with Crippen molar-refractivity contribution in [2.75, 3.05) is 5.75 Å². The maximum Gasteiger partial charge on any atom is 0.130 e. The lowest BCUT2D eigenvalue weighted by Gasteiger charge is -2.22. The van der Waals surface area contributed by atoms with E-state index in [0.717, 1.165) is 11.3 Å². The normalized spacial score (nSPS) is 14.4. The summed E-state index contributed by atoms with van der Waals surface area (Å²) >= 11 is 1.84. The van der Waals surface area contributed by atoms with E-state index >= 15 is 0 Å². The van der Waals surface area contributed by atoms with Gasteiger partial charge in [-0.15, -0.1) is 0 Å². The first-order valence-electron chi connectivity index (χ1n) is 5.46. The van der Waals surface area contributed by atoms with E-state index in [1.807, 2.05) is 42.1 Å². The molecule has 0 saturated carbocycles. The second-order valence-corrected chi connectivity index (χ2v) is 5.80. The van der Waals surface area contributed by atoms with Crippen molar-refractivity contribution >= 4 is 11.8 Å². The molecule has 2 nitrogen and oxygen atoms in total. The van der Waals surface area contributed by atoms with E-state index in [2.05, 4.69) is 19.9 Å². The van der Waals surface area contributed by atoms with Gasteiger partial charge in [-0.3, -0.25) is 0 Å². The average Bonchev–Trinajstić information content (AvgIpc) is 2.29. The van der Waals surface area contributed by atoms with E-state index < -0.39 is 5.54 Å². The van der Waals surface area contributed by atoms with Crippen molar-refractivity contribution in [3.8, 4) is 6.07 Å². The fourth-order valence-electron chi connectivity index (χ4n) is 1.46. The van der Waals surface area contributed by atoms with Crippen LogP contribution in [0.1, 0.15) is 25.8 Å². The summed E-state index contributed by atoms with van der Waals surface area (Å²) in [5, 5.41) is 9.80. The van der Waals surface area contributed by atoms with Gasteiger partial charge in [-0.25, -0.2) is 0 Å². The highest BCUT2D eigenvalue weighted by Crippen LogP contribution is 2.24. The van der Waals surface area contributed by atoms with Gasteiger partial charge in [0.1, 0.15) is 5.54 Å². The molecule has 1 unspecified atom stereocenters. The highest BCUT2D eigenvalue weighted by atomic mass is 32.2. The van der Waals surface area contributed by atoms with Crippen LogP contribution in [-0.2, 0) is 5.54 Å². The molecule has 2 N–H and O–H groups in total. The van der Waals surface area contributed by atoms with Crippen LogP contribution >= 0.6 is 11.8 Å². The zero-order valence-corrected chi connectivity index (χ0v) is 10.6. The number of nitriles is 1. The number of nitrogens with zero attached hydrogens (tertiary/aromatic N) is 1. The van der Waals surface area contributed by atoms with Crippen LogP contribution in [0.5, 0.6) is 0 Å². The maximum atomic E-state index is 9.22. The lowest BCUT2D eigenvalue weighted by Crippen LogP contribution is -2.35. The monoisotopic (exact) mass is 234 g/mol. The van der Waals surface area contributed by atoms with Crippen molar-refractivity contribution in [1.29, 1.82) is 5.26 Å². The molecule has 0 fully saturated rings. The quantitative estimate of drug-likeness (QED) is 0.852. The van der Waals surface area contributed by atoms with E-state index in [1.165, 1.54) is 0 Å². The number of hydrogen-bond acceptors (Lipinski definition) is 3. The Labute approximate surface area is 102 Å². The van der Waals surface area contributed by atoms with E-state index in [1.54, 1.807) is 0 Å². The van der Waals surface area contributed by atoms with Gasteiger partial charge in [0.2, 0.25) is 0 Å². The van der Waals surface area contributed by atoms with Crippen LogP contribution in [0.3, 0.4) is 0 Å². The first-order valence-corrected chi connectivity index (χ1v) is 6.50. The molecule has 0 radical (unpaired) electrons. The molecule has 1 rings (SSSR count). The molecule has 86 valence electrons. The Morgan fingerprint density at radius 2 is 2.00 bits per heavy atom. The van der Waals surface area contributed by atoms with E-state index in [-0.39, 0.29) is 0 Å². The first kappa shape index (κ1) is 13.1. The van der Waals surface area contributed by atoms with Crippen molar-refractivity contribution in [3.05, 3.63) is 35.9 Å². The van der Waals surface area contributed by atoms with Crippen molar-refractivity contribution < 1.29 is 0 Å². The molecule has 0 amide bonds. The molecule has 0 spiro atoms. The predicted octanol–water partition coefficient (Wildman–Crippen LogP) is 2.90. The third kappa shape index (κ3) is 3.55. The summed E-state index contributed by atoms with van der Waals surface area (Å²) < 4.78 is 0. The second kappa shape index (κ2) is 5.93. The zero-order chi connectivity index (χ0) is 12.0. The second-order valence-electron chi connectivity index (χ2n) is 4.12. The molecule has 0 heterocycles. The Morgan fingerprint density at radius 3 is 2.50 bits per heavy atom. The smallest absolute Gasteiger partial charge is 0.130 e. The zero-order valence-electron chi connectivity index (χ0n) is 9.81. The van der Waals surface area contributed by atoms with Crippen LogP contribution in [0, 0.1) is 11.3 Å². The maximum absolute atomic E-state index is 9.22. The third-order valence-corrected chi connectivity index (χ3v) is 3.54. The summed E-state index contributed by atoms with van der Waals surface area (Å²) in [4.78, 5) is 0. The van der Waals surface area contributed by atoms with Crippen molar-refractivity contribution in [1.82, 2.24) is 0 Å².